The molecule has 11 heteroatoms. The third-order valence-corrected chi connectivity index (χ3v) is 10.6. The van der Waals surface area contributed by atoms with Crippen LogP contribution in [-0.4, -0.2) is 88.4 Å². The third-order valence-electron chi connectivity index (χ3n) is 10.6. The molecule has 1 heterocycles. The van der Waals surface area contributed by atoms with Gasteiger partial charge in [0.15, 0.2) is 18.5 Å². The lowest BCUT2D eigenvalue weighted by Crippen LogP contribution is -2.60. The normalized spacial score (nSPS) is 20.3. The second kappa shape index (κ2) is 36.1. The number of hydrogen-bond donors (Lipinski definition) is 4. The molecule has 6 unspecified atom stereocenters. The van der Waals surface area contributed by atoms with Gasteiger partial charge < -0.3 is 39.4 Å². The maximum atomic E-state index is 12.8. The van der Waals surface area contributed by atoms with E-state index in [1.54, 1.807) is 0 Å². The summed E-state index contributed by atoms with van der Waals surface area (Å²) in [7, 11) is 0. The molecular formula is C45H82O11. The average Bonchev–Trinajstić information content (AvgIpc) is 3.18. The van der Waals surface area contributed by atoms with Crippen molar-refractivity contribution in [3.05, 3.63) is 12.2 Å². The van der Waals surface area contributed by atoms with Gasteiger partial charge >= 0.3 is 17.9 Å². The number of aliphatic hydroxyl groups is 3. The first-order chi connectivity index (χ1) is 27.2. The van der Waals surface area contributed by atoms with Gasteiger partial charge in [0.25, 0.3) is 0 Å². The minimum Gasteiger partial charge on any atom is -0.479 e. The minimum atomic E-state index is -1.86. The van der Waals surface area contributed by atoms with E-state index in [2.05, 4.69) is 26.0 Å². The number of rotatable bonds is 38. The molecular weight excluding hydrogens is 716 g/mol. The van der Waals surface area contributed by atoms with Gasteiger partial charge in [-0.3, -0.25) is 9.59 Å². The summed E-state index contributed by atoms with van der Waals surface area (Å²) in [4.78, 5) is 36.7. The molecule has 0 bridgehead atoms. The fraction of sp³-hybridized carbons (Fsp3) is 0.889. The zero-order valence-electron chi connectivity index (χ0n) is 35.4. The number of carboxylic acid groups (broad SMARTS) is 1. The molecule has 0 spiro atoms. The van der Waals surface area contributed by atoms with Crippen molar-refractivity contribution in [3.63, 3.8) is 0 Å². The summed E-state index contributed by atoms with van der Waals surface area (Å²) in [5, 5.41) is 39.8. The van der Waals surface area contributed by atoms with Gasteiger partial charge in [0.05, 0.1) is 6.61 Å². The third kappa shape index (κ3) is 27.6. The fourth-order valence-electron chi connectivity index (χ4n) is 7.00. The quantitative estimate of drug-likeness (QED) is 0.0267. The monoisotopic (exact) mass is 799 g/mol. The smallest absolute Gasteiger partial charge is 0.335 e. The Balaban J connectivity index is 2.31. The number of carboxylic acids is 1. The van der Waals surface area contributed by atoms with Gasteiger partial charge in [-0.25, -0.2) is 4.79 Å². The summed E-state index contributed by atoms with van der Waals surface area (Å²) >= 11 is 0. The molecule has 0 aliphatic carbocycles. The molecule has 0 saturated carbocycles. The Hall–Kier alpha value is -2.05. The number of aliphatic hydroxyl groups excluding tert-OH is 3. The second-order valence-corrected chi connectivity index (χ2v) is 15.9. The first kappa shape index (κ1) is 52.0. The number of carbonyl (C=O) groups excluding carboxylic acids is 2. The van der Waals surface area contributed by atoms with Gasteiger partial charge in [-0.1, -0.05) is 174 Å². The van der Waals surface area contributed by atoms with Crippen molar-refractivity contribution in [1.82, 2.24) is 0 Å². The van der Waals surface area contributed by atoms with Crippen molar-refractivity contribution in [2.45, 2.75) is 243 Å². The highest BCUT2D eigenvalue weighted by Gasteiger charge is 2.47. The number of allylic oxidation sites excluding steroid dienone is 2. The molecule has 328 valence electrons. The Labute approximate surface area is 339 Å². The van der Waals surface area contributed by atoms with Crippen molar-refractivity contribution in [3.8, 4) is 0 Å². The molecule has 0 aromatic rings. The molecule has 0 aromatic carbocycles. The number of carbonyl (C=O) groups is 3. The molecule has 0 radical (unpaired) electrons. The Kier molecular flexibility index (Phi) is 33.5. The van der Waals surface area contributed by atoms with Crippen LogP contribution in [0.4, 0.5) is 0 Å². The van der Waals surface area contributed by atoms with Crippen LogP contribution in [0.5, 0.6) is 0 Å². The first-order valence-electron chi connectivity index (χ1n) is 22.7. The number of ether oxygens (including phenoxy) is 4. The summed E-state index contributed by atoms with van der Waals surface area (Å²) in [6.45, 7) is 3.75. The van der Waals surface area contributed by atoms with Crippen LogP contribution in [0.1, 0.15) is 206 Å². The number of hydrogen-bond acceptors (Lipinski definition) is 10. The van der Waals surface area contributed by atoms with E-state index >= 15 is 0 Å². The Bertz CT molecular complexity index is 989. The highest BCUT2D eigenvalue weighted by atomic mass is 16.7. The fourth-order valence-corrected chi connectivity index (χ4v) is 7.00. The topological polar surface area (TPSA) is 169 Å². The predicted octanol–water partition coefficient (Wildman–Crippen LogP) is 9.65. The van der Waals surface area contributed by atoms with Crippen molar-refractivity contribution < 1.29 is 53.8 Å². The molecule has 4 N–H and O–H groups in total. The molecule has 56 heavy (non-hydrogen) atoms. The summed E-state index contributed by atoms with van der Waals surface area (Å²) < 4.78 is 21.7. The van der Waals surface area contributed by atoms with E-state index in [4.69, 9.17) is 18.9 Å². The number of unbranched alkanes of at least 4 members (excludes halogenated alkanes) is 25. The van der Waals surface area contributed by atoms with Crippen molar-refractivity contribution >= 4 is 17.9 Å². The van der Waals surface area contributed by atoms with Crippen LogP contribution in [-0.2, 0) is 33.3 Å². The van der Waals surface area contributed by atoms with Crippen molar-refractivity contribution in [2.75, 3.05) is 13.2 Å². The maximum Gasteiger partial charge on any atom is 0.335 e. The number of esters is 2. The minimum absolute atomic E-state index is 0.187. The summed E-state index contributed by atoms with van der Waals surface area (Å²) in [6, 6.07) is 0. The van der Waals surface area contributed by atoms with Crippen LogP contribution >= 0.6 is 0 Å². The van der Waals surface area contributed by atoms with Crippen LogP contribution < -0.4 is 0 Å². The van der Waals surface area contributed by atoms with Crippen LogP contribution in [0.2, 0.25) is 0 Å². The zero-order chi connectivity index (χ0) is 41.1. The molecule has 0 aromatic heterocycles. The summed E-state index contributed by atoms with van der Waals surface area (Å²) in [6.07, 6.45) is 28.5. The summed E-state index contributed by atoms with van der Waals surface area (Å²) in [5.74, 6) is -2.45. The lowest BCUT2D eigenvalue weighted by atomic mass is 9.99. The van der Waals surface area contributed by atoms with Gasteiger partial charge in [0, 0.05) is 12.8 Å². The van der Waals surface area contributed by atoms with E-state index in [0.29, 0.717) is 12.8 Å². The average molecular weight is 799 g/mol. The van der Waals surface area contributed by atoms with Crippen LogP contribution in [0.3, 0.4) is 0 Å². The maximum absolute atomic E-state index is 12.8. The van der Waals surface area contributed by atoms with Crippen molar-refractivity contribution in [1.29, 1.82) is 0 Å². The molecule has 1 saturated heterocycles. The molecule has 1 aliphatic heterocycles. The van der Waals surface area contributed by atoms with Gasteiger partial charge in [-0.05, 0) is 32.1 Å². The van der Waals surface area contributed by atoms with E-state index in [1.807, 2.05) is 0 Å². The predicted molar refractivity (Wildman–Crippen MR) is 220 cm³/mol. The molecule has 0 amide bonds. The van der Waals surface area contributed by atoms with E-state index in [-0.39, 0.29) is 26.1 Å². The largest absolute Gasteiger partial charge is 0.479 e. The number of aliphatic carboxylic acids is 1. The standard InChI is InChI=1S/C45H82O11/c1-3-5-7-9-11-13-15-16-17-18-19-20-21-22-23-24-26-28-30-32-34-39(47)55-37(36-54-45-42(50)40(48)41(49)43(56-45)44(51)52)35-53-38(46)33-31-29-27-25-14-12-10-8-6-4-2/h8,10,37,40-43,45,48-50H,3-7,9,11-36H2,1-2H3,(H,51,52)/b10-8-. The Morgan fingerprint density at radius 3 is 1.46 bits per heavy atom. The van der Waals surface area contributed by atoms with Gasteiger partial charge in [0.1, 0.15) is 24.9 Å². The van der Waals surface area contributed by atoms with Crippen LogP contribution in [0.25, 0.3) is 0 Å². The molecule has 11 nitrogen and oxygen atoms in total. The van der Waals surface area contributed by atoms with Gasteiger partial charge in [0.2, 0.25) is 0 Å². The van der Waals surface area contributed by atoms with E-state index in [1.165, 1.54) is 103 Å². The van der Waals surface area contributed by atoms with E-state index in [0.717, 1.165) is 64.2 Å². The van der Waals surface area contributed by atoms with Gasteiger partial charge in [-0.15, -0.1) is 0 Å². The lowest BCUT2D eigenvalue weighted by molar-refractivity contribution is -0.298. The molecule has 6 atom stereocenters. The highest BCUT2D eigenvalue weighted by molar-refractivity contribution is 5.73. The van der Waals surface area contributed by atoms with E-state index < -0.39 is 54.7 Å². The summed E-state index contributed by atoms with van der Waals surface area (Å²) in [5.41, 5.74) is 0. The zero-order valence-corrected chi connectivity index (χ0v) is 35.4. The SMILES string of the molecule is CCC/C=C\CCCCCCCC(=O)OCC(COC1OC(C(=O)O)C(O)C(O)C1O)OC(=O)CCCCCCCCCCCCCCCCCCCCCC. The first-order valence-corrected chi connectivity index (χ1v) is 22.7. The Morgan fingerprint density at radius 1 is 0.536 bits per heavy atom. The molecule has 1 fully saturated rings. The van der Waals surface area contributed by atoms with E-state index in [9.17, 15) is 34.8 Å². The van der Waals surface area contributed by atoms with Crippen LogP contribution in [0.15, 0.2) is 12.2 Å². The molecule has 1 rings (SSSR count). The van der Waals surface area contributed by atoms with Crippen molar-refractivity contribution in [2.24, 2.45) is 0 Å². The molecule has 1 aliphatic rings. The Morgan fingerprint density at radius 2 is 0.982 bits per heavy atom. The van der Waals surface area contributed by atoms with Crippen LogP contribution in [0, 0.1) is 0 Å². The van der Waals surface area contributed by atoms with Gasteiger partial charge in [-0.2, -0.15) is 0 Å². The highest BCUT2D eigenvalue weighted by Crippen LogP contribution is 2.23. The lowest BCUT2D eigenvalue weighted by Gasteiger charge is -2.38. The second-order valence-electron chi connectivity index (χ2n) is 15.9.